The minimum atomic E-state index is -3.64. The molecule has 0 aromatic heterocycles. The molecule has 6 heteroatoms. The van der Waals surface area contributed by atoms with Crippen LogP contribution >= 0.6 is 11.6 Å². The van der Waals surface area contributed by atoms with Crippen molar-refractivity contribution in [3.05, 3.63) is 58.6 Å². The molecule has 1 unspecified atom stereocenters. The first-order valence-corrected chi connectivity index (χ1v) is 8.51. The summed E-state index contributed by atoms with van der Waals surface area (Å²) >= 11 is 6.00. The number of sulfonamides is 1. The number of nitrogens with two attached hydrogens (primary N) is 1. The second kappa shape index (κ2) is 5.33. The van der Waals surface area contributed by atoms with Gasteiger partial charge in [0.05, 0.1) is 4.90 Å². The summed E-state index contributed by atoms with van der Waals surface area (Å²) < 4.78 is 22.4. The Morgan fingerprint density at radius 2 is 1.71 bits per heavy atom. The van der Waals surface area contributed by atoms with Crippen molar-refractivity contribution >= 4 is 27.3 Å². The van der Waals surface area contributed by atoms with Gasteiger partial charge in [0.25, 0.3) is 0 Å². The second-order valence-corrected chi connectivity index (χ2v) is 7.23. The van der Waals surface area contributed by atoms with Crippen LogP contribution in [-0.4, -0.2) is 14.5 Å². The Morgan fingerprint density at radius 1 is 1.05 bits per heavy atom. The van der Waals surface area contributed by atoms with Gasteiger partial charge >= 0.3 is 0 Å². The predicted octanol–water partition coefficient (Wildman–Crippen LogP) is 2.57. The Balaban J connectivity index is 1.72. The fourth-order valence-electron chi connectivity index (χ4n) is 2.67. The number of fused-ring (bicyclic) bond motifs is 1. The molecule has 0 saturated heterocycles. The van der Waals surface area contributed by atoms with Crippen LogP contribution in [0.4, 0.5) is 5.69 Å². The Labute approximate surface area is 129 Å². The first-order chi connectivity index (χ1) is 9.91. The van der Waals surface area contributed by atoms with E-state index in [0.29, 0.717) is 6.04 Å². The van der Waals surface area contributed by atoms with Crippen molar-refractivity contribution in [3.63, 3.8) is 0 Å². The number of rotatable bonds is 3. The van der Waals surface area contributed by atoms with Crippen molar-refractivity contribution in [2.24, 2.45) is 5.14 Å². The van der Waals surface area contributed by atoms with Crippen molar-refractivity contribution in [1.82, 2.24) is 0 Å². The van der Waals surface area contributed by atoms with Gasteiger partial charge in [0.2, 0.25) is 10.0 Å². The van der Waals surface area contributed by atoms with Crippen LogP contribution < -0.4 is 10.5 Å². The van der Waals surface area contributed by atoms with Crippen LogP contribution in [0.3, 0.4) is 0 Å². The highest BCUT2D eigenvalue weighted by Gasteiger charge is 2.21. The molecule has 21 heavy (non-hydrogen) atoms. The third-order valence-corrected chi connectivity index (χ3v) is 4.82. The third kappa shape index (κ3) is 3.20. The highest BCUT2D eigenvalue weighted by molar-refractivity contribution is 7.89. The average Bonchev–Trinajstić information content (AvgIpc) is 2.79. The van der Waals surface area contributed by atoms with Crippen molar-refractivity contribution < 1.29 is 8.42 Å². The topological polar surface area (TPSA) is 72.2 Å². The van der Waals surface area contributed by atoms with E-state index in [9.17, 15) is 8.42 Å². The lowest BCUT2D eigenvalue weighted by atomic mass is 10.1. The largest absolute Gasteiger partial charge is 0.382 e. The SMILES string of the molecule is NS(=O)(=O)c1ccc(NC2Cc3ccc(Cl)cc3C2)cc1. The Morgan fingerprint density at radius 3 is 2.38 bits per heavy atom. The predicted molar refractivity (Wildman–Crippen MR) is 84.1 cm³/mol. The van der Waals surface area contributed by atoms with Crippen molar-refractivity contribution in [3.8, 4) is 0 Å². The first kappa shape index (κ1) is 14.4. The van der Waals surface area contributed by atoms with Crippen LogP contribution in [0.15, 0.2) is 47.4 Å². The van der Waals surface area contributed by atoms with E-state index in [2.05, 4.69) is 11.4 Å². The van der Waals surface area contributed by atoms with Gasteiger partial charge in [0.1, 0.15) is 0 Å². The molecular formula is C15H15ClN2O2S. The molecule has 0 fully saturated rings. The van der Waals surface area contributed by atoms with Crippen LogP contribution in [0.5, 0.6) is 0 Å². The summed E-state index contributed by atoms with van der Waals surface area (Å²) in [6, 6.07) is 12.7. The fourth-order valence-corrected chi connectivity index (χ4v) is 3.38. The van der Waals surface area contributed by atoms with Gasteiger partial charge in [0.15, 0.2) is 0 Å². The smallest absolute Gasteiger partial charge is 0.238 e. The number of nitrogens with one attached hydrogen (secondary N) is 1. The molecule has 0 heterocycles. The summed E-state index contributed by atoms with van der Waals surface area (Å²) in [6.07, 6.45) is 1.84. The second-order valence-electron chi connectivity index (χ2n) is 5.23. The van der Waals surface area contributed by atoms with Crippen LogP contribution in [0, 0.1) is 0 Å². The fraction of sp³-hybridized carbons (Fsp3) is 0.200. The molecule has 1 aliphatic carbocycles. The zero-order valence-electron chi connectivity index (χ0n) is 11.2. The average molecular weight is 323 g/mol. The Bertz CT molecular complexity index is 773. The van der Waals surface area contributed by atoms with Crippen LogP contribution in [0.25, 0.3) is 0 Å². The molecule has 4 nitrogen and oxygen atoms in total. The zero-order chi connectivity index (χ0) is 15.0. The van der Waals surface area contributed by atoms with Crippen molar-refractivity contribution in [2.45, 2.75) is 23.8 Å². The van der Waals surface area contributed by atoms with Crippen LogP contribution in [0.2, 0.25) is 5.02 Å². The number of benzene rings is 2. The number of hydrogen-bond donors (Lipinski definition) is 2. The van der Waals surface area contributed by atoms with Crippen molar-refractivity contribution in [1.29, 1.82) is 0 Å². The summed E-state index contributed by atoms with van der Waals surface area (Å²) in [4.78, 5) is 0.120. The van der Waals surface area contributed by atoms with Gasteiger partial charge in [-0.25, -0.2) is 13.6 Å². The molecule has 2 aromatic rings. The Kier molecular flexibility index (Phi) is 3.65. The van der Waals surface area contributed by atoms with E-state index >= 15 is 0 Å². The van der Waals surface area contributed by atoms with E-state index in [0.717, 1.165) is 23.6 Å². The summed E-state index contributed by atoms with van der Waals surface area (Å²) in [5.74, 6) is 0. The van der Waals surface area contributed by atoms with Gasteiger partial charge in [0, 0.05) is 16.8 Å². The molecular weight excluding hydrogens is 308 g/mol. The monoisotopic (exact) mass is 322 g/mol. The third-order valence-electron chi connectivity index (χ3n) is 3.65. The molecule has 0 saturated carbocycles. The summed E-state index contributed by atoms with van der Waals surface area (Å²) in [5.41, 5.74) is 3.45. The van der Waals surface area contributed by atoms with Gasteiger partial charge in [-0.15, -0.1) is 0 Å². The number of anilines is 1. The number of primary sulfonamides is 1. The van der Waals surface area contributed by atoms with E-state index in [4.69, 9.17) is 16.7 Å². The van der Waals surface area contributed by atoms with E-state index in [1.54, 1.807) is 12.1 Å². The van der Waals surface area contributed by atoms with Gasteiger partial charge in [-0.05, 0) is 60.4 Å². The molecule has 110 valence electrons. The molecule has 1 aliphatic rings. The van der Waals surface area contributed by atoms with Gasteiger partial charge in [-0.2, -0.15) is 0 Å². The van der Waals surface area contributed by atoms with E-state index in [1.165, 1.54) is 23.3 Å². The van der Waals surface area contributed by atoms with Gasteiger partial charge in [-0.1, -0.05) is 17.7 Å². The standard InChI is InChI=1S/C15H15ClN2O2S/c16-12-2-1-10-8-14(9-11(10)7-12)18-13-3-5-15(6-4-13)21(17,19)20/h1-7,14,18H,8-9H2,(H2,17,19,20). The van der Waals surface area contributed by atoms with Gasteiger partial charge in [-0.3, -0.25) is 0 Å². The molecule has 0 aliphatic heterocycles. The quantitative estimate of drug-likeness (QED) is 0.912. The maximum atomic E-state index is 11.2. The van der Waals surface area contributed by atoms with Crippen LogP contribution in [-0.2, 0) is 22.9 Å². The molecule has 2 aromatic carbocycles. The van der Waals surface area contributed by atoms with E-state index < -0.39 is 10.0 Å². The van der Waals surface area contributed by atoms with Crippen LogP contribution in [0.1, 0.15) is 11.1 Å². The zero-order valence-corrected chi connectivity index (χ0v) is 12.8. The van der Waals surface area contributed by atoms with Crippen molar-refractivity contribution in [2.75, 3.05) is 5.32 Å². The lowest BCUT2D eigenvalue weighted by Crippen LogP contribution is -2.19. The molecule has 3 rings (SSSR count). The summed E-state index contributed by atoms with van der Waals surface area (Å²) in [5, 5.41) is 9.24. The summed E-state index contributed by atoms with van der Waals surface area (Å²) in [6.45, 7) is 0. The number of halogens is 1. The molecule has 0 spiro atoms. The minimum Gasteiger partial charge on any atom is -0.382 e. The van der Waals surface area contributed by atoms with E-state index in [1.807, 2.05) is 12.1 Å². The summed E-state index contributed by atoms with van der Waals surface area (Å²) in [7, 11) is -3.64. The number of hydrogen-bond acceptors (Lipinski definition) is 3. The highest BCUT2D eigenvalue weighted by atomic mass is 35.5. The van der Waals surface area contributed by atoms with E-state index in [-0.39, 0.29) is 4.90 Å². The Hall–Kier alpha value is -1.56. The first-order valence-electron chi connectivity index (χ1n) is 6.58. The maximum absolute atomic E-state index is 11.2. The lowest BCUT2D eigenvalue weighted by Gasteiger charge is -2.13. The lowest BCUT2D eigenvalue weighted by molar-refractivity contribution is 0.598. The normalized spacial score (nSPS) is 17.5. The molecule has 0 amide bonds. The molecule has 0 bridgehead atoms. The molecule has 0 radical (unpaired) electrons. The minimum absolute atomic E-state index is 0.120. The maximum Gasteiger partial charge on any atom is 0.238 e. The molecule has 3 N–H and O–H groups in total. The highest BCUT2D eigenvalue weighted by Crippen LogP contribution is 2.27. The molecule has 1 atom stereocenters. The van der Waals surface area contributed by atoms with Gasteiger partial charge < -0.3 is 5.32 Å².